The molecule has 1 amide bonds. The van der Waals surface area contributed by atoms with Gasteiger partial charge < -0.3 is 16.0 Å². The Balaban J connectivity index is 0.00000169. The van der Waals surface area contributed by atoms with Crippen LogP contribution in [0.4, 0.5) is 5.82 Å². The standard InChI is InChI=1S/C17H20ClN5O.2ClH/c18-14-4-2-1-3-12(14)17(24)21-10-9-20-16-13-5-7-19-8-6-15(13)22-11-23-16;;/h1-4,11,19H,5-10H2,(H,21,24)(H,20,22,23);2*1H. The number of fused-ring (bicyclic) bond motifs is 1. The zero-order valence-electron chi connectivity index (χ0n) is 14.1. The van der Waals surface area contributed by atoms with Gasteiger partial charge in [-0.05, 0) is 25.1 Å². The van der Waals surface area contributed by atoms with Crippen LogP contribution in [0.2, 0.25) is 5.02 Å². The van der Waals surface area contributed by atoms with E-state index in [0.29, 0.717) is 23.7 Å². The van der Waals surface area contributed by atoms with Gasteiger partial charge in [0, 0.05) is 31.6 Å². The molecule has 1 aromatic heterocycles. The second-order valence-electron chi connectivity index (χ2n) is 5.56. The van der Waals surface area contributed by atoms with Crippen LogP contribution in [0.25, 0.3) is 0 Å². The van der Waals surface area contributed by atoms with Crippen molar-refractivity contribution in [3.8, 4) is 0 Å². The van der Waals surface area contributed by atoms with Crippen LogP contribution in [-0.2, 0) is 12.8 Å². The fourth-order valence-electron chi connectivity index (χ4n) is 2.72. The molecule has 2 aromatic rings. The highest BCUT2D eigenvalue weighted by molar-refractivity contribution is 6.33. The molecule has 1 aromatic carbocycles. The topological polar surface area (TPSA) is 78.9 Å². The number of anilines is 1. The maximum Gasteiger partial charge on any atom is 0.252 e. The normalized spacial score (nSPS) is 12.7. The summed E-state index contributed by atoms with van der Waals surface area (Å²) in [5, 5.41) is 9.97. The van der Waals surface area contributed by atoms with Gasteiger partial charge in [-0.1, -0.05) is 23.7 Å². The van der Waals surface area contributed by atoms with Crippen molar-refractivity contribution < 1.29 is 4.79 Å². The molecule has 0 radical (unpaired) electrons. The molecule has 9 heteroatoms. The number of carbonyl (C=O) groups is 1. The minimum Gasteiger partial charge on any atom is -0.368 e. The molecule has 0 saturated carbocycles. The number of nitrogens with one attached hydrogen (secondary N) is 3. The Morgan fingerprint density at radius 1 is 1.12 bits per heavy atom. The number of nitrogens with zero attached hydrogens (tertiary/aromatic N) is 2. The lowest BCUT2D eigenvalue weighted by molar-refractivity contribution is 0.0955. The molecule has 3 rings (SSSR count). The Hall–Kier alpha value is -1.60. The molecule has 26 heavy (non-hydrogen) atoms. The maximum absolute atomic E-state index is 12.1. The summed E-state index contributed by atoms with van der Waals surface area (Å²) in [6.45, 7) is 2.95. The van der Waals surface area contributed by atoms with E-state index < -0.39 is 0 Å². The molecule has 0 saturated heterocycles. The molecule has 1 aliphatic heterocycles. The van der Waals surface area contributed by atoms with Crippen molar-refractivity contribution in [2.75, 3.05) is 31.5 Å². The van der Waals surface area contributed by atoms with Crippen molar-refractivity contribution >= 4 is 48.1 Å². The molecular weight excluding hydrogens is 397 g/mol. The molecule has 142 valence electrons. The first-order valence-corrected chi connectivity index (χ1v) is 8.43. The summed E-state index contributed by atoms with van der Waals surface area (Å²) < 4.78 is 0. The fraction of sp³-hybridized carbons (Fsp3) is 0.353. The van der Waals surface area contributed by atoms with Gasteiger partial charge in [0.25, 0.3) is 5.91 Å². The van der Waals surface area contributed by atoms with Gasteiger partial charge in [0.1, 0.15) is 12.1 Å². The third-order valence-electron chi connectivity index (χ3n) is 3.95. The zero-order valence-corrected chi connectivity index (χ0v) is 16.5. The molecule has 0 fully saturated rings. The SMILES string of the molecule is Cl.Cl.O=C(NCCNc1ncnc2c1CCNCC2)c1ccccc1Cl. The van der Waals surface area contributed by atoms with Gasteiger partial charge in [0.2, 0.25) is 0 Å². The molecule has 6 nitrogen and oxygen atoms in total. The number of rotatable bonds is 5. The van der Waals surface area contributed by atoms with E-state index in [-0.39, 0.29) is 30.7 Å². The highest BCUT2D eigenvalue weighted by Crippen LogP contribution is 2.18. The van der Waals surface area contributed by atoms with E-state index in [1.807, 2.05) is 0 Å². The molecule has 1 aliphatic rings. The fourth-order valence-corrected chi connectivity index (χ4v) is 2.94. The quantitative estimate of drug-likeness (QED) is 0.650. The third-order valence-corrected chi connectivity index (χ3v) is 4.28. The number of benzene rings is 1. The maximum atomic E-state index is 12.1. The number of hydrogen-bond acceptors (Lipinski definition) is 5. The van der Waals surface area contributed by atoms with E-state index in [1.165, 1.54) is 5.56 Å². The van der Waals surface area contributed by atoms with Gasteiger partial charge in [0.15, 0.2) is 0 Å². The number of hydrogen-bond donors (Lipinski definition) is 3. The first-order valence-electron chi connectivity index (χ1n) is 8.06. The van der Waals surface area contributed by atoms with E-state index in [4.69, 9.17) is 11.6 Å². The largest absolute Gasteiger partial charge is 0.368 e. The van der Waals surface area contributed by atoms with Crippen molar-refractivity contribution in [3.63, 3.8) is 0 Å². The van der Waals surface area contributed by atoms with Gasteiger partial charge in [-0.15, -0.1) is 24.8 Å². The smallest absolute Gasteiger partial charge is 0.252 e. The summed E-state index contributed by atoms with van der Waals surface area (Å²) >= 11 is 6.02. The summed E-state index contributed by atoms with van der Waals surface area (Å²) in [6.07, 6.45) is 3.41. The number of carbonyl (C=O) groups excluding carboxylic acids is 1. The lowest BCUT2D eigenvalue weighted by Crippen LogP contribution is -2.29. The number of halogens is 3. The molecule has 2 heterocycles. The predicted octanol–water partition coefficient (Wildman–Crippen LogP) is 2.50. The zero-order chi connectivity index (χ0) is 16.8. The molecule has 3 N–H and O–H groups in total. The van der Waals surface area contributed by atoms with Crippen molar-refractivity contribution in [1.82, 2.24) is 20.6 Å². The van der Waals surface area contributed by atoms with E-state index in [0.717, 1.165) is 37.4 Å². The average molecular weight is 419 g/mol. The lowest BCUT2D eigenvalue weighted by atomic mass is 10.1. The van der Waals surface area contributed by atoms with Crippen LogP contribution >= 0.6 is 36.4 Å². The Bertz CT molecular complexity index is 729. The molecule has 0 bridgehead atoms. The summed E-state index contributed by atoms with van der Waals surface area (Å²) in [7, 11) is 0. The minimum absolute atomic E-state index is 0. The Morgan fingerprint density at radius 3 is 2.69 bits per heavy atom. The first-order chi connectivity index (χ1) is 11.8. The second-order valence-corrected chi connectivity index (χ2v) is 5.97. The highest BCUT2D eigenvalue weighted by atomic mass is 35.5. The van der Waals surface area contributed by atoms with Gasteiger partial charge in [-0.3, -0.25) is 4.79 Å². The van der Waals surface area contributed by atoms with Crippen molar-refractivity contribution in [3.05, 3.63) is 52.4 Å². The van der Waals surface area contributed by atoms with Gasteiger partial charge >= 0.3 is 0 Å². The van der Waals surface area contributed by atoms with Crippen LogP contribution in [0.5, 0.6) is 0 Å². The van der Waals surface area contributed by atoms with Crippen LogP contribution in [-0.4, -0.2) is 42.1 Å². The van der Waals surface area contributed by atoms with Crippen LogP contribution in [0.1, 0.15) is 21.6 Å². The highest BCUT2D eigenvalue weighted by Gasteiger charge is 2.14. The Morgan fingerprint density at radius 2 is 1.88 bits per heavy atom. The van der Waals surface area contributed by atoms with Crippen LogP contribution < -0.4 is 16.0 Å². The van der Waals surface area contributed by atoms with E-state index in [2.05, 4.69) is 25.9 Å². The summed E-state index contributed by atoms with van der Waals surface area (Å²) in [5.74, 6) is 0.684. The summed E-state index contributed by atoms with van der Waals surface area (Å²) in [4.78, 5) is 20.8. The third kappa shape index (κ3) is 5.71. The molecule has 0 aliphatic carbocycles. The Labute approximate surface area is 170 Å². The molecule has 0 unspecified atom stereocenters. The number of aromatic nitrogens is 2. The second kappa shape index (κ2) is 11.2. The van der Waals surface area contributed by atoms with Crippen molar-refractivity contribution in [1.29, 1.82) is 0 Å². The van der Waals surface area contributed by atoms with Crippen LogP contribution in [0.15, 0.2) is 30.6 Å². The molecule has 0 spiro atoms. The van der Waals surface area contributed by atoms with E-state index in [9.17, 15) is 4.79 Å². The van der Waals surface area contributed by atoms with E-state index in [1.54, 1.807) is 30.6 Å². The Kier molecular flexibility index (Phi) is 9.65. The first kappa shape index (κ1) is 22.4. The summed E-state index contributed by atoms with van der Waals surface area (Å²) in [6, 6.07) is 7.01. The monoisotopic (exact) mass is 417 g/mol. The van der Waals surface area contributed by atoms with Crippen LogP contribution in [0, 0.1) is 0 Å². The average Bonchev–Trinajstić information content (AvgIpc) is 2.85. The van der Waals surface area contributed by atoms with Gasteiger partial charge in [-0.2, -0.15) is 0 Å². The number of amides is 1. The molecular formula is C17H22Cl3N5O. The summed E-state index contributed by atoms with van der Waals surface area (Å²) in [5.41, 5.74) is 2.75. The lowest BCUT2D eigenvalue weighted by Gasteiger charge is -2.12. The van der Waals surface area contributed by atoms with Crippen molar-refractivity contribution in [2.45, 2.75) is 12.8 Å². The van der Waals surface area contributed by atoms with Crippen molar-refractivity contribution in [2.24, 2.45) is 0 Å². The van der Waals surface area contributed by atoms with E-state index >= 15 is 0 Å². The molecule has 0 atom stereocenters. The van der Waals surface area contributed by atoms with Crippen LogP contribution in [0.3, 0.4) is 0 Å². The minimum atomic E-state index is -0.173. The van der Waals surface area contributed by atoms with Gasteiger partial charge in [0.05, 0.1) is 16.3 Å². The van der Waals surface area contributed by atoms with Gasteiger partial charge in [-0.25, -0.2) is 9.97 Å². The predicted molar refractivity (Wildman–Crippen MR) is 109 cm³/mol.